The number of carbonyl (C=O) groups is 1. The molecule has 0 heterocycles. The second kappa shape index (κ2) is 16.0. The Kier molecular flexibility index (Phi) is 11.1. The van der Waals surface area contributed by atoms with Crippen LogP contribution in [0, 0.1) is 0 Å². The quantitative estimate of drug-likeness (QED) is 0.0903. The number of rotatable bonds is 14. The molecule has 0 fully saturated rings. The Labute approximate surface area is 293 Å². The van der Waals surface area contributed by atoms with Crippen molar-refractivity contribution in [3.8, 4) is 0 Å². The lowest BCUT2D eigenvalue weighted by Gasteiger charge is -2.36. The SMILES string of the molecule is NC(CSC(c1ccccc1)(c1ccccc1)c1ccccc1)C(=O)NCCSC(c1ccccc1)(c1ccccc1)c1ccccc1. The molecule has 3 N–H and O–H groups in total. The van der Waals surface area contributed by atoms with E-state index in [-0.39, 0.29) is 5.91 Å². The van der Waals surface area contributed by atoms with E-state index in [0.717, 1.165) is 16.7 Å². The molecule has 6 aromatic rings. The van der Waals surface area contributed by atoms with Gasteiger partial charge in [0.25, 0.3) is 0 Å². The first-order chi connectivity index (χ1) is 23.6. The van der Waals surface area contributed by atoms with Gasteiger partial charge in [0.15, 0.2) is 0 Å². The van der Waals surface area contributed by atoms with Crippen molar-refractivity contribution in [3.05, 3.63) is 215 Å². The summed E-state index contributed by atoms with van der Waals surface area (Å²) in [5.74, 6) is 1.00. The van der Waals surface area contributed by atoms with Gasteiger partial charge in [-0.2, -0.15) is 0 Å². The van der Waals surface area contributed by atoms with Crippen molar-refractivity contribution in [1.82, 2.24) is 5.32 Å². The van der Waals surface area contributed by atoms with Gasteiger partial charge in [-0.05, 0) is 33.4 Å². The Morgan fingerprint density at radius 3 is 1.04 bits per heavy atom. The predicted octanol–water partition coefficient (Wildman–Crippen LogP) is 8.88. The monoisotopic (exact) mass is 664 g/mol. The van der Waals surface area contributed by atoms with Gasteiger partial charge >= 0.3 is 0 Å². The van der Waals surface area contributed by atoms with Gasteiger partial charge in [-0.25, -0.2) is 0 Å². The molecule has 0 aliphatic heterocycles. The number of nitrogens with two attached hydrogens (primary N) is 1. The minimum atomic E-state index is -0.683. The zero-order valence-corrected chi connectivity index (χ0v) is 28.5. The maximum absolute atomic E-state index is 13.5. The number of nitrogens with one attached hydrogen (secondary N) is 1. The molecule has 0 spiro atoms. The summed E-state index contributed by atoms with van der Waals surface area (Å²) in [7, 11) is 0. The van der Waals surface area contributed by atoms with Gasteiger partial charge in [-0.3, -0.25) is 4.79 Å². The number of hydrogen-bond donors (Lipinski definition) is 2. The van der Waals surface area contributed by atoms with Gasteiger partial charge in [-0.1, -0.05) is 182 Å². The van der Waals surface area contributed by atoms with Crippen LogP contribution in [0.3, 0.4) is 0 Å². The molecule has 1 unspecified atom stereocenters. The molecule has 3 nitrogen and oxygen atoms in total. The van der Waals surface area contributed by atoms with Crippen molar-refractivity contribution < 1.29 is 4.79 Å². The Morgan fingerprint density at radius 1 is 0.479 bits per heavy atom. The molecule has 6 rings (SSSR count). The molecule has 1 atom stereocenters. The molecule has 0 saturated heterocycles. The summed E-state index contributed by atoms with van der Waals surface area (Å²) in [6.45, 7) is 0.497. The van der Waals surface area contributed by atoms with Crippen molar-refractivity contribution in [2.75, 3.05) is 18.1 Å². The molecule has 0 saturated carbocycles. The van der Waals surface area contributed by atoms with Gasteiger partial charge in [0.2, 0.25) is 5.91 Å². The average molecular weight is 665 g/mol. The van der Waals surface area contributed by atoms with Gasteiger partial charge in [0.1, 0.15) is 0 Å². The molecular formula is C43H40N2OS2. The molecule has 0 aliphatic rings. The fourth-order valence-corrected chi connectivity index (χ4v) is 9.24. The molecule has 0 bridgehead atoms. The highest BCUT2D eigenvalue weighted by atomic mass is 32.2. The smallest absolute Gasteiger partial charge is 0.237 e. The zero-order chi connectivity index (χ0) is 33.1. The fourth-order valence-electron chi connectivity index (χ4n) is 6.34. The van der Waals surface area contributed by atoms with Crippen molar-refractivity contribution in [1.29, 1.82) is 0 Å². The number of thioether (sulfide) groups is 2. The van der Waals surface area contributed by atoms with Crippen LogP contribution in [0.2, 0.25) is 0 Å². The van der Waals surface area contributed by atoms with Crippen LogP contribution in [0.15, 0.2) is 182 Å². The van der Waals surface area contributed by atoms with Crippen molar-refractivity contribution in [2.45, 2.75) is 15.5 Å². The Bertz CT molecular complexity index is 1650. The van der Waals surface area contributed by atoms with Crippen molar-refractivity contribution in [2.24, 2.45) is 5.73 Å². The molecule has 240 valence electrons. The molecule has 5 heteroatoms. The topological polar surface area (TPSA) is 55.1 Å². The first-order valence-corrected chi connectivity index (χ1v) is 18.3. The first kappa shape index (κ1) is 33.4. The minimum Gasteiger partial charge on any atom is -0.354 e. The highest BCUT2D eigenvalue weighted by Crippen LogP contribution is 2.49. The molecule has 6 aromatic carbocycles. The number of benzene rings is 6. The van der Waals surface area contributed by atoms with E-state index in [1.54, 1.807) is 11.8 Å². The molecule has 0 aliphatic carbocycles. The first-order valence-electron chi connectivity index (χ1n) is 16.3. The van der Waals surface area contributed by atoms with Crippen molar-refractivity contribution in [3.63, 3.8) is 0 Å². The van der Waals surface area contributed by atoms with Gasteiger partial charge in [0, 0.05) is 18.1 Å². The third-order valence-electron chi connectivity index (χ3n) is 8.62. The van der Waals surface area contributed by atoms with Crippen LogP contribution in [-0.4, -0.2) is 30.0 Å². The number of amides is 1. The van der Waals surface area contributed by atoms with E-state index in [4.69, 9.17) is 5.73 Å². The van der Waals surface area contributed by atoms with Gasteiger partial charge in [0.05, 0.1) is 15.5 Å². The molecular weight excluding hydrogens is 625 g/mol. The summed E-state index contributed by atoms with van der Waals surface area (Å²) < 4.78 is -0.967. The molecule has 0 radical (unpaired) electrons. The largest absolute Gasteiger partial charge is 0.354 e. The van der Waals surface area contributed by atoms with Gasteiger partial charge in [-0.15, -0.1) is 23.5 Å². The lowest BCUT2D eigenvalue weighted by Crippen LogP contribution is -2.44. The number of hydrogen-bond acceptors (Lipinski definition) is 4. The highest BCUT2D eigenvalue weighted by Gasteiger charge is 2.39. The molecule has 0 aromatic heterocycles. The Balaban J connectivity index is 1.20. The standard InChI is InChI=1S/C43H40N2OS2/c44-40(33-48-43(37-25-13-4-14-26-37,38-27-15-5-16-28-38)39-29-17-6-18-30-39)41(46)45-31-32-47-42(34-19-7-1-8-20-34,35-21-9-2-10-22-35)36-23-11-3-12-24-36/h1-30,40H,31-33,44H2,(H,45,46). The van der Waals surface area contributed by atoms with Crippen molar-refractivity contribution >= 4 is 29.4 Å². The second-order valence-electron chi connectivity index (χ2n) is 11.6. The van der Waals surface area contributed by atoms with Crippen LogP contribution in [-0.2, 0) is 14.3 Å². The third-order valence-corrected chi connectivity index (χ3v) is 11.8. The third kappa shape index (κ3) is 7.14. The van der Waals surface area contributed by atoms with E-state index in [2.05, 4.69) is 169 Å². The van der Waals surface area contributed by atoms with Crippen LogP contribution in [0.25, 0.3) is 0 Å². The maximum atomic E-state index is 13.5. The Hall–Kier alpha value is -4.55. The second-order valence-corrected chi connectivity index (χ2v) is 14.2. The van der Waals surface area contributed by atoms with E-state index in [1.807, 2.05) is 30.0 Å². The summed E-state index contributed by atoms with van der Waals surface area (Å²) in [6.07, 6.45) is 0. The average Bonchev–Trinajstić information content (AvgIpc) is 3.17. The summed E-state index contributed by atoms with van der Waals surface area (Å²) in [6, 6.07) is 62.7. The van der Waals surface area contributed by atoms with Crippen LogP contribution >= 0.6 is 23.5 Å². The summed E-state index contributed by atoms with van der Waals surface area (Å²) in [5.41, 5.74) is 13.7. The van der Waals surface area contributed by atoms with Crippen LogP contribution < -0.4 is 11.1 Å². The van der Waals surface area contributed by atoms with E-state index in [9.17, 15) is 4.79 Å². The predicted molar refractivity (Wildman–Crippen MR) is 204 cm³/mol. The number of carbonyl (C=O) groups excluding carboxylic acids is 1. The molecule has 48 heavy (non-hydrogen) atoms. The normalized spacial score (nSPS) is 12.3. The van der Waals surface area contributed by atoms with Crippen LogP contribution in [0.4, 0.5) is 0 Å². The fraction of sp³-hybridized carbons (Fsp3) is 0.140. The summed E-state index contributed by atoms with van der Waals surface area (Å²) in [4.78, 5) is 13.5. The van der Waals surface area contributed by atoms with Crippen LogP contribution in [0.5, 0.6) is 0 Å². The zero-order valence-electron chi connectivity index (χ0n) is 26.8. The summed E-state index contributed by atoms with van der Waals surface area (Å²) >= 11 is 3.54. The summed E-state index contributed by atoms with van der Waals surface area (Å²) in [5, 5.41) is 3.17. The maximum Gasteiger partial charge on any atom is 0.237 e. The lowest BCUT2D eigenvalue weighted by molar-refractivity contribution is -0.121. The van der Waals surface area contributed by atoms with Crippen LogP contribution in [0.1, 0.15) is 33.4 Å². The van der Waals surface area contributed by atoms with E-state index >= 15 is 0 Å². The van der Waals surface area contributed by atoms with E-state index in [1.165, 1.54) is 16.7 Å². The van der Waals surface area contributed by atoms with Gasteiger partial charge < -0.3 is 11.1 Å². The van der Waals surface area contributed by atoms with E-state index in [0.29, 0.717) is 18.1 Å². The minimum absolute atomic E-state index is 0.143. The highest BCUT2D eigenvalue weighted by molar-refractivity contribution is 8.01. The Morgan fingerprint density at radius 2 is 0.750 bits per heavy atom. The lowest BCUT2D eigenvalue weighted by atomic mass is 9.84. The molecule has 1 amide bonds. The van der Waals surface area contributed by atoms with E-state index < -0.39 is 15.5 Å².